The highest BCUT2D eigenvalue weighted by Gasteiger charge is 2.43. The van der Waals surface area contributed by atoms with E-state index in [0.717, 1.165) is 23.2 Å². The van der Waals surface area contributed by atoms with Crippen LogP contribution in [-0.4, -0.2) is 55.5 Å². The van der Waals surface area contributed by atoms with Crippen molar-refractivity contribution < 1.29 is 9.11 Å². The number of nitrogens with zero attached hydrogens (tertiary/aromatic N) is 5. The minimum Gasteiger partial charge on any atom is -0.309 e. The lowest BCUT2D eigenvalue weighted by Crippen LogP contribution is -2.38. The fourth-order valence-corrected chi connectivity index (χ4v) is 5.54. The second-order valence-corrected chi connectivity index (χ2v) is 8.40. The Kier molecular flexibility index (Phi) is 4.46. The van der Waals surface area contributed by atoms with E-state index in [4.69, 9.17) is 5.26 Å². The van der Waals surface area contributed by atoms with Gasteiger partial charge in [-0.2, -0.15) is 9.57 Å². The molecule has 7 nitrogen and oxygen atoms in total. The first-order valence-electron chi connectivity index (χ1n) is 8.57. The van der Waals surface area contributed by atoms with Crippen molar-refractivity contribution in [3.05, 3.63) is 48.8 Å². The first-order valence-corrected chi connectivity index (χ1v) is 10.0. The van der Waals surface area contributed by atoms with E-state index in [2.05, 4.69) is 11.2 Å². The van der Waals surface area contributed by atoms with Crippen molar-refractivity contribution in [3.63, 3.8) is 0 Å². The van der Waals surface area contributed by atoms with E-state index in [-0.39, 0.29) is 6.04 Å². The standard InChI is InChI=1S/C18H21N5O2S/c19-14-21-9-6-18(13-21)23-11-10-22(26(23,24)25)17-3-1-2-16(12-17)15-4-7-20-8-5-15/h1-5,7-8,12,18,24-25H,6,9-11,13H2/t18-/m0/s1. The van der Waals surface area contributed by atoms with Gasteiger partial charge in [0, 0.05) is 32.0 Å². The summed E-state index contributed by atoms with van der Waals surface area (Å²) in [6.07, 6.45) is 6.41. The molecule has 1 aromatic carbocycles. The van der Waals surface area contributed by atoms with Crippen molar-refractivity contribution in [1.82, 2.24) is 14.2 Å². The van der Waals surface area contributed by atoms with Gasteiger partial charge in [0.05, 0.1) is 18.3 Å². The smallest absolute Gasteiger partial charge is 0.179 e. The Morgan fingerprint density at radius 2 is 1.88 bits per heavy atom. The van der Waals surface area contributed by atoms with Crippen LogP contribution in [0.4, 0.5) is 5.69 Å². The summed E-state index contributed by atoms with van der Waals surface area (Å²) in [6.45, 7) is 2.35. The number of benzene rings is 1. The van der Waals surface area contributed by atoms with Crippen molar-refractivity contribution in [2.75, 3.05) is 30.5 Å². The van der Waals surface area contributed by atoms with Crippen molar-refractivity contribution in [1.29, 1.82) is 5.26 Å². The molecule has 2 aliphatic heterocycles. The largest absolute Gasteiger partial charge is 0.309 e. The molecule has 0 aliphatic carbocycles. The van der Waals surface area contributed by atoms with Crippen LogP contribution in [0, 0.1) is 11.5 Å². The van der Waals surface area contributed by atoms with Crippen LogP contribution in [0.2, 0.25) is 0 Å². The van der Waals surface area contributed by atoms with E-state index in [0.29, 0.717) is 26.2 Å². The van der Waals surface area contributed by atoms with Gasteiger partial charge in [-0.25, -0.2) is 0 Å². The molecule has 1 aromatic heterocycles. The van der Waals surface area contributed by atoms with E-state index in [1.807, 2.05) is 36.4 Å². The van der Waals surface area contributed by atoms with Crippen LogP contribution in [0.5, 0.6) is 0 Å². The Bertz CT molecular complexity index is 826. The van der Waals surface area contributed by atoms with Crippen LogP contribution >= 0.6 is 11.0 Å². The monoisotopic (exact) mass is 371 g/mol. The highest BCUT2D eigenvalue weighted by Crippen LogP contribution is 2.55. The molecule has 1 atom stereocenters. The first kappa shape index (κ1) is 17.1. The summed E-state index contributed by atoms with van der Waals surface area (Å²) in [5, 5.41) is 9.05. The summed E-state index contributed by atoms with van der Waals surface area (Å²) < 4.78 is 25.3. The van der Waals surface area contributed by atoms with Crippen LogP contribution < -0.4 is 4.31 Å². The second-order valence-electron chi connectivity index (χ2n) is 6.51. The third-order valence-electron chi connectivity index (χ3n) is 4.99. The van der Waals surface area contributed by atoms with Gasteiger partial charge in [0.1, 0.15) is 0 Å². The van der Waals surface area contributed by atoms with Gasteiger partial charge in [0.25, 0.3) is 0 Å². The molecule has 26 heavy (non-hydrogen) atoms. The molecule has 0 saturated carbocycles. The number of aromatic nitrogens is 1. The predicted molar refractivity (Wildman–Crippen MR) is 102 cm³/mol. The molecule has 0 amide bonds. The molecule has 8 heteroatoms. The zero-order valence-electron chi connectivity index (χ0n) is 14.3. The van der Waals surface area contributed by atoms with Gasteiger partial charge in [0.2, 0.25) is 0 Å². The Labute approximate surface area is 154 Å². The van der Waals surface area contributed by atoms with E-state index in [1.165, 1.54) is 0 Å². The van der Waals surface area contributed by atoms with E-state index in [9.17, 15) is 9.11 Å². The average molecular weight is 371 g/mol. The normalized spacial score (nSPS) is 23.8. The number of hydrogen-bond donors (Lipinski definition) is 2. The molecule has 2 saturated heterocycles. The second kappa shape index (κ2) is 6.78. The minimum absolute atomic E-state index is 0.00645. The summed E-state index contributed by atoms with van der Waals surface area (Å²) in [7, 11) is -3.08. The third kappa shape index (κ3) is 2.99. The zero-order valence-corrected chi connectivity index (χ0v) is 15.1. The molecule has 0 bridgehead atoms. The fourth-order valence-electron chi connectivity index (χ4n) is 3.67. The molecule has 2 N–H and O–H groups in total. The number of pyridine rings is 1. The van der Waals surface area contributed by atoms with Crippen molar-refractivity contribution in [2.45, 2.75) is 12.5 Å². The Balaban J connectivity index is 1.58. The first-order chi connectivity index (χ1) is 12.6. The number of hydrogen-bond acceptors (Lipinski definition) is 7. The van der Waals surface area contributed by atoms with E-state index < -0.39 is 11.0 Å². The molecule has 2 aromatic rings. The maximum Gasteiger partial charge on any atom is 0.179 e. The van der Waals surface area contributed by atoms with E-state index in [1.54, 1.807) is 25.9 Å². The lowest BCUT2D eigenvalue weighted by Gasteiger charge is -2.45. The number of rotatable bonds is 3. The summed E-state index contributed by atoms with van der Waals surface area (Å²) >= 11 is 0. The molecule has 0 radical (unpaired) electrons. The highest BCUT2D eigenvalue weighted by molar-refractivity contribution is 8.23. The highest BCUT2D eigenvalue weighted by atomic mass is 32.3. The summed E-state index contributed by atoms with van der Waals surface area (Å²) in [5.74, 6) is 0. The summed E-state index contributed by atoms with van der Waals surface area (Å²) in [4.78, 5) is 5.71. The van der Waals surface area contributed by atoms with Crippen LogP contribution in [0.25, 0.3) is 11.1 Å². The molecular weight excluding hydrogens is 350 g/mol. The van der Waals surface area contributed by atoms with Gasteiger partial charge < -0.3 is 4.90 Å². The predicted octanol–water partition coefficient (Wildman–Crippen LogP) is 3.01. The fraction of sp³-hybridized carbons (Fsp3) is 0.333. The van der Waals surface area contributed by atoms with Crippen molar-refractivity contribution >= 4 is 16.6 Å². The molecule has 0 unspecified atom stereocenters. The Morgan fingerprint density at radius 3 is 2.62 bits per heavy atom. The quantitative estimate of drug-likeness (QED) is 0.802. The molecule has 2 fully saturated rings. The molecule has 4 rings (SSSR count). The lowest BCUT2D eigenvalue weighted by molar-refractivity contribution is 0.310. The SMILES string of the molecule is N#CN1CC[C@H](N2CCN(c3cccc(-c4ccncc4)c3)S2(O)O)C1. The lowest BCUT2D eigenvalue weighted by atomic mass is 10.1. The number of anilines is 1. The van der Waals surface area contributed by atoms with Gasteiger partial charge in [-0.3, -0.25) is 18.4 Å². The van der Waals surface area contributed by atoms with Crippen LogP contribution in [0.3, 0.4) is 0 Å². The van der Waals surface area contributed by atoms with E-state index >= 15 is 0 Å². The Hall–Kier alpha value is -2.31. The molecule has 2 aliphatic rings. The van der Waals surface area contributed by atoms with Crippen molar-refractivity contribution in [3.8, 4) is 17.3 Å². The van der Waals surface area contributed by atoms with Crippen LogP contribution in [0.15, 0.2) is 48.8 Å². The average Bonchev–Trinajstić information content (AvgIpc) is 3.26. The maximum absolute atomic E-state index is 10.9. The van der Waals surface area contributed by atoms with Crippen LogP contribution in [-0.2, 0) is 0 Å². The van der Waals surface area contributed by atoms with Crippen molar-refractivity contribution in [2.24, 2.45) is 0 Å². The molecule has 3 heterocycles. The van der Waals surface area contributed by atoms with Crippen LogP contribution in [0.1, 0.15) is 6.42 Å². The Morgan fingerprint density at radius 1 is 1.08 bits per heavy atom. The minimum atomic E-state index is -3.08. The summed E-state index contributed by atoms with van der Waals surface area (Å²) in [6, 6.07) is 11.7. The summed E-state index contributed by atoms with van der Waals surface area (Å²) in [5.41, 5.74) is 2.84. The third-order valence-corrected chi connectivity index (χ3v) is 7.09. The zero-order chi connectivity index (χ0) is 18.1. The topological polar surface area (TPSA) is 86.9 Å². The number of nitriles is 1. The number of likely N-dealkylation sites (tertiary alicyclic amines) is 1. The van der Waals surface area contributed by atoms with Gasteiger partial charge in [-0.15, -0.1) is 0 Å². The van der Waals surface area contributed by atoms with Gasteiger partial charge in [-0.1, -0.05) is 23.1 Å². The van der Waals surface area contributed by atoms with Gasteiger partial charge in [-0.05, 0) is 41.8 Å². The molecular formula is C18H21N5O2S. The molecule has 136 valence electrons. The maximum atomic E-state index is 10.9. The van der Waals surface area contributed by atoms with Gasteiger partial charge >= 0.3 is 0 Å². The molecule has 0 spiro atoms. The van der Waals surface area contributed by atoms with Gasteiger partial charge in [0.15, 0.2) is 6.19 Å².